The van der Waals surface area contributed by atoms with Crippen molar-refractivity contribution >= 4 is 11.6 Å². The number of hydrogen-bond donors (Lipinski definition) is 3. The maximum absolute atomic E-state index is 9.02. The predicted octanol–water partition coefficient (Wildman–Crippen LogP) is 1.71. The number of benzene rings is 1. The van der Waals surface area contributed by atoms with E-state index in [0.717, 1.165) is 5.56 Å². The standard InChI is InChI=1S/C7H7ClO.C3H8O2/c1-5-6(8)3-2-4-7(5)9;1-3(5)2-4/h2-4,9H,1H3;3-5H,2H2,1H3. The molecule has 80 valence electrons. The van der Waals surface area contributed by atoms with E-state index in [2.05, 4.69) is 0 Å². The molecule has 0 spiro atoms. The van der Waals surface area contributed by atoms with Gasteiger partial charge in [-0.2, -0.15) is 0 Å². The molecule has 0 aliphatic heterocycles. The summed E-state index contributed by atoms with van der Waals surface area (Å²) in [7, 11) is 0. The Bertz CT molecular complexity index is 254. The Morgan fingerprint density at radius 2 is 1.93 bits per heavy atom. The summed E-state index contributed by atoms with van der Waals surface area (Å²) < 4.78 is 0. The Hall–Kier alpha value is -0.770. The second-order valence-electron chi connectivity index (χ2n) is 2.92. The molecule has 3 N–H and O–H groups in total. The van der Waals surface area contributed by atoms with Gasteiger partial charge in [-0.3, -0.25) is 0 Å². The van der Waals surface area contributed by atoms with Gasteiger partial charge < -0.3 is 15.3 Å². The highest BCUT2D eigenvalue weighted by Gasteiger charge is 1.96. The summed E-state index contributed by atoms with van der Waals surface area (Å²) in [5.74, 6) is 0.252. The highest BCUT2D eigenvalue weighted by Crippen LogP contribution is 2.22. The van der Waals surface area contributed by atoms with Crippen molar-refractivity contribution in [3.05, 3.63) is 28.8 Å². The molecule has 1 aromatic rings. The molecule has 0 bridgehead atoms. The maximum atomic E-state index is 9.02. The third-order valence-electron chi connectivity index (χ3n) is 1.50. The third-order valence-corrected chi connectivity index (χ3v) is 1.91. The summed E-state index contributed by atoms with van der Waals surface area (Å²) in [6.45, 7) is 3.16. The molecule has 1 unspecified atom stereocenters. The number of phenols is 1. The second-order valence-corrected chi connectivity index (χ2v) is 3.32. The van der Waals surface area contributed by atoms with E-state index in [0.29, 0.717) is 5.02 Å². The quantitative estimate of drug-likeness (QED) is 0.673. The van der Waals surface area contributed by atoms with Crippen molar-refractivity contribution in [2.75, 3.05) is 6.61 Å². The third kappa shape index (κ3) is 5.07. The predicted molar refractivity (Wildman–Crippen MR) is 56.6 cm³/mol. The highest BCUT2D eigenvalue weighted by atomic mass is 35.5. The van der Waals surface area contributed by atoms with E-state index in [1.807, 2.05) is 0 Å². The Morgan fingerprint density at radius 1 is 1.43 bits per heavy atom. The van der Waals surface area contributed by atoms with Gasteiger partial charge in [-0.05, 0) is 26.0 Å². The van der Waals surface area contributed by atoms with Crippen molar-refractivity contribution in [3.8, 4) is 5.75 Å². The number of aliphatic hydroxyl groups is 2. The normalized spacial score (nSPS) is 11.5. The Labute approximate surface area is 88.6 Å². The molecule has 0 fully saturated rings. The SMILES string of the molecule is CC(O)CO.Cc1c(O)cccc1Cl. The Kier molecular flexibility index (Phi) is 6.28. The lowest BCUT2D eigenvalue weighted by atomic mass is 10.2. The maximum Gasteiger partial charge on any atom is 0.119 e. The molecule has 0 heterocycles. The number of phenolic OH excluding ortho intramolecular Hbond substituents is 1. The number of aromatic hydroxyl groups is 1. The van der Waals surface area contributed by atoms with Crippen LogP contribution in [0.25, 0.3) is 0 Å². The molecule has 0 aliphatic carbocycles. The summed E-state index contributed by atoms with van der Waals surface area (Å²) in [6, 6.07) is 5.07. The van der Waals surface area contributed by atoms with Crippen LogP contribution in [-0.2, 0) is 0 Å². The molecular weight excluding hydrogens is 204 g/mol. The van der Waals surface area contributed by atoms with Gasteiger partial charge in [-0.15, -0.1) is 0 Å². The molecule has 0 radical (unpaired) electrons. The monoisotopic (exact) mass is 218 g/mol. The summed E-state index contributed by atoms with van der Waals surface area (Å²) in [5, 5.41) is 25.6. The first kappa shape index (κ1) is 13.2. The summed E-state index contributed by atoms with van der Waals surface area (Å²) in [6.07, 6.45) is -0.560. The van der Waals surface area contributed by atoms with Crippen LogP contribution in [0, 0.1) is 6.92 Å². The van der Waals surface area contributed by atoms with Crippen LogP contribution in [-0.4, -0.2) is 28.0 Å². The molecule has 4 heteroatoms. The largest absolute Gasteiger partial charge is 0.508 e. The van der Waals surface area contributed by atoms with Gasteiger partial charge in [-0.1, -0.05) is 17.7 Å². The fourth-order valence-corrected chi connectivity index (χ4v) is 0.766. The van der Waals surface area contributed by atoms with Crippen LogP contribution in [0.4, 0.5) is 0 Å². The van der Waals surface area contributed by atoms with Crippen molar-refractivity contribution in [1.82, 2.24) is 0 Å². The lowest BCUT2D eigenvalue weighted by Gasteiger charge is -1.97. The zero-order chi connectivity index (χ0) is 11.1. The van der Waals surface area contributed by atoms with Crippen LogP contribution in [0.3, 0.4) is 0 Å². The molecule has 0 saturated carbocycles. The molecule has 1 rings (SSSR count). The van der Waals surface area contributed by atoms with Crippen molar-refractivity contribution in [2.24, 2.45) is 0 Å². The molecule has 3 nitrogen and oxygen atoms in total. The van der Waals surface area contributed by atoms with Gasteiger partial charge in [0.05, 0.1) is 12.7 Å². The first-order valence-corrected chi connectivity index (χ1v) is 4.59. The van der Waals surface area contributed by atoms with Gasteiger partial charge in [0.25, 0.3) is 0 Å². The minimum atomic E-state index is -0.560. The number of halogens is 1. The van der Waals surface area contributed by atoms with Crippen LogP contribution in [0.1, 0.15) is 12.5 Å². The summed E-state index contributed by atoms with van der Waals surface area (Å²) >= 11 is 5.65. The molecular formula is C10H15ClO3. The molecule has 0 aromatic heterocycles. The van der Waals surface area contributed by atoms with Crippen molar-refractivity contribution in [3.63, 3.8) is 0 Å². The average molecular weight is 219 g/mol. The van der Waals surface area contributed by atoms with Crippen molar-refractivity contribution < 1.29 is 15.3 Å². The van der Waals surface area contributed by atoms with Gasteiger partial charge >= 0.3 is 0 Å². The van der Waals surface area contributed by atoms with Crippen LogP contribution in [0.2, 0.25) is 5.02 Å². The zero-order valence-electron chi connectivity index (χ0n) is 8.24. The lowest BCUT2D eigenvalue weighted by Crippen LogP contribution is -2.03. The zero-order valence-corrected chi connectivity index (χ0v) is 8.99. The average Bonchev–Trinajstić information content (AvgIpc) is 2.15. The van der Waals surface area contributed by atoms with Gasteiger partial charge in [0.2, 0.25) is 0 Å². The molecule has 14 heavy (non-hydrogen) atoms. The first-order chi connectivity index (χ1) is 6.49. The highest BCUT2D eigenvalue weighted by molar-refractivity contribution is 6.31. The first-order valence-electron chi connectivity index (χ1n) is 4.22. The second kappa shape index (κ2) is 6.65. The van der Waals surface area contributed by atoms with E-state index < -0.39 is 6.10 Å². The van der Waals surface area contributed by atoms with E-state index in [4.69, 9.17) is 26.9 Å². The van der Waals surface area contributed by atoms with E-state index in [-0.39, 0.29) is 12.4 Å². The van der Waals surface area contributed by atoms with Gasteiger partial charge in [-0.25, -0.2) is 0 Å². The number of rotatable bonds is 1. The minimum Gasteiger partial charge on any atom is -0.508 e. The van der Waals surface area contributed by atoms with Crippen LogP contribution >= 0.6 is 11.6 Å². The fourth-order valence-electron chi connectivity index (χ4n) is 0.596. The van der Waals surface area contributed by atoms with Gasteiger partial charge in [0.15, 0.2) is 0 Å². The Balaban J connectivity index is 0.000000292. The summed E-state index contributed by atoms with van der Waals surface area (Å²) in [4.78, 5) is 0. The molecule has 1 atom stereocenters. The topological polar surface area (TPSA) is 60.7 Å². The molecule has 1 aromatic carbocycles. The van der Waals surface area contributed by atoms with Crippen LogP contribution in [0.15, 0.2) is 18.2 Å². The number of hydrogen-bond acceptors (Lipinski definition) is 3. The van der Waals surface area contributed by atoms with E-state index >= 15 is 0 Å². The lowest BCUT2D eigenvalue weighted by molar-refractivity contribution is 0.110. The van der Waals surface area contributed by atoms with E-state index in [1.165, 1.54) is 6.92 Å². The van der Waals surface area contributed by atoms with Crippen LogP contribution < -0.4 is 0 Å². The van der Waals surface area contributed by atoms with E-state index in [9.17, 15) is 0 Å². The molecule has 0 aliphatic rings. The number of aliphatic hydroxyl groups excluding tert-OH is 2. The summed E-state index contributed by atoms with van der Waals surface area (Å²) in [5.41, 5.74) is 0.735. The van der Waals surface area contributed by atoms with Crippen molar-refractivity contribution in [1.29, 1.82) is 0 Å². The minimum absolute atomic E-state index is 0.139. The molecule has 0 saturated heterocycles. The smallest absolute Gasteiger partial charge is 0.119 e. The molecule has 0 amide bonds. The van der Waals surface area contributed by atoms with Crippen LogP contribution in [0.5, 0.6) is 5.75 Å². The van der Waals surface area contributed by atoms with E-state index in [1.54, 1.807) is 25.1 Å². The van der Waals surface area contributed by atoms with Gasteiger partial charge in [0, 0.05) is 10.6 Å². The van der Waals surface area contributed by atoms with Gasteiger partial charge in [0.1, 0.15) is 5.75 Å². The fraction of sp³-hybridized carbons (Fsp3) is 0.400. The Morgan fingerprint density at radius 3 is 2.21 bits per heavy atom. The van der Waals surface area contributed by atoms with Crippen molar-refractivity contribution in [2.45, 2.75) is 20.0 Å².